The summed E-state index contributed by atoms with van der Waals surface area (Å²) < 4.78 is 0. The van der Waals surface area contributed by atoms with Gasteiger partial charge in [-0.25, -0.2) is 0 Å². The molecule has 2 fully saturated rings. The summed E-state index contributed by atoms with van der Waals surface area (Å²) in [7, 11) is 2.16. The minimum atomic E-state index is 0.0773. The van der Waals surface area contributed by atoms with E-state index in [4.69, 9.17) is 0 Å². The number of hydrogen-bond acceptors (Lipinski definition) is 3. The molecule has 0 spiro atoms. The summed E-state index contributed by atoms with van der Waals surface area (Å²) in [5.74, 6) is 0.766. The fourth-order valence-electron chi connectivity index (χ4n) is 2.32. The zero-order chi connectivity index (χ0) is 13.0. The van der Waals surface area contributed by atoms with E-state index in [0.29, 0.717) is 5.92 Å². The third-order valence-corrected chi connectivity index (χ3v) is 3.90. The lowest BCUT2D eigenvalue weighted by Crippen LogP contribution is -2.46. The molecule has 0 bridgehead atoms. The second-order valence-corrected chi connectivity index (χ2v) is 5.60. The number of amides is 1. The molecule has 102 valence electrons. The maximum atomic E-state index is 11.7. The van der Waals surface area contributed by atoms with Crippen LogP contribution in [0.25, 0.3) is 0 Å². The Balaban J connectivity index is 1.60. The van der Waals surface area contributed by atoms with Gasteiger partial charge in [0, 0.05) is 45.3 Å². The standard InChI is InChI=1S/C14H25N3O/c1-12(13-3-4-13)11-14(18)15-5-6-17-9-7-16(2)8-10-17/h11,13H,3-10H2,1-2H3,(H,15,18). The van der Waals surface area contributed by atoms with Crippen LogP contribution in [0, 0.1) is 5.92 Å². The van der Waals surface area contributed by atoms with Crippen molar-refractivity contribution in [2.75, 3.05) is 46.3 Å². The molecule has 1 N–H and O–H groups in total. The van der Waals surface area contributed by atoms with Gasteiger partial charge < -0.3 is 10.2 Å². The Morgan fingerprint density at radius 2 is 1.94 bits per heavy atom. The van der Waals surface area contributed by atoms with Gasteiger partial charge in [0.2, 0.25) is 5.91 Å². The van der Waals surface area contributed by atoms with E-state index in [1.165, 1.54) is 18.4 Å². The molecular formula is C14H25N3O. The molecule has 2 rings (SSSR count). The highest BCUT2D eigenvalue weighted by atomic mass is 16.1. The van der Waals surface area contributed by atoms with Gasteiger partial charge in [0.25, 0.3) is 0 Å². The van der Waals surface area contributed by atoms with E-state index in [-0.39, 0.29) is 5.91 Å². The number of nitrogens with one attached hydrogen (secondary N) is 1. The van der Waals surface area contributed by atoms with Gasteiger partial charge in [-0.3, -0.25) is 9.69 Å². The monoisotopic (exact) mass is 251 g/mol. The first-order valence-electron chi connectivity index (χ1n) is 7.02. The van der Waals surface area contributed by atoms with Gasteiger partial charge in [-0.2, -0.15) is 0 Å². The van der Waals surface area contributed by atoms with Gasteiger partial charge in [-0.1, -0.05) is 5.57 Å². The molecule has 4 heteroatoms. The largest absolute Gasteiger partial charge is 0.351 e. The molecule has 1 saturated carbocycles. The average Bonchev–Trinajstić information content (AvgIpc) is 3.15. The summed E-state index contributed by atoms with van der Waals surface area (Å²) >= 11 is 0. The fraction of sp³-hybridized carbons (Fsp3) is 0.786. The predicted octanol–water partition coefficient (Wildman–Crippen LogP) is 0.706. The molecule has 1 saturated heterocycles. The smallest absolute Gasteiger partial charge is 0.243 e. The van der Waals surface area contributed by atoms with Gasteiger partial charge in [0.1, 0.15) is 0 Å². The van der Waals surface area contributed by atoms with Crippen molar-refractivity contribution in [2.24, 2.45) is 5.92 Å². The Morgan fingerprint density at radius 1 is 1.28 bits per heavy atom. The quantitative estimate of drug-likeness (QED) is 0.731. The summed E-state index contributed by atoms with van der Waals surface area (Å²) in [6.45, 7) is 8.29. The minimum absolute atomic E-state index is 0.0773. The normalized spacial score (nSPS) is 23.1. The highest BCUT2D eigenvalue weighted by molar-refractivity contribution is 5.88. The van der Waals surface area contributed by atoms with Crippen LogP contribution in [0.5, 0.6) is 0 Å². The second-order valence-electron chi connectivity index (χ2n) is 5.60. The summed E-state index contributed by atoms with van der Waals surface area (Å²) in [4.78, 5) is 16.4. The van der Waals surface area contributed by atoms with Crippen LogP contribution in [0.1, 0.15) is 19.8 Å². The number of likely N-dealkylation sites (N-methyl/N-ethyl adjacent to an activating group) is 1. The third-order valence-electron chi connectivity index (χ3n) is 3.90. The molecule has 0 aromatic rings. The van der Waals surface area contributed by atoms with E-state index in [9.17, 15) is 4.79 Å². The number of nitrogens with zero attached hydrogens (tertiary/aromatic N) is 2. The highest BCUT2D eigenvalue weighted by Crippen LogP contribution is 2.35. The Morgan fingerprint density at radius 3 is 2.56 bits per heavy atom. The highest BCUT2D eigenvalue weighted by Gasteiger charge is 2.23. The van der Waals surface area contributed by atoms with Crippen LogP contribution < -0.4 is 5.32 Å². The van der Waals surface area contributed by atoms with Crippen molar-refractivity contribution in [1.82, 2.24) is 15.1 Å². The molecule has 18 heavy (non-hydrogen) atoms. The first kappa shape index (κ1) is 13.6. The Hall–Kier alpha value is -0.870. The molecule has 0 unspecified atom stereocenters. The van der Waals surface area contributed by atoms with Gasteiger partial charge >= 0.3 is 0 Å². The lowest BCUT2D eigenvalue weighted by molar-refractivity contribution is -0.116. The Kier molecular flexibility index (Phi) is 4.78. The van der Waals surface area contributed by atoms with Crippen molar-refractivity contribution >= 4 is 5.91 Å². The van der Waals surface area contributed by atoms with Crippen molar-refractivity contribution in [3.63, 3.8) is 0 Å². The minimum Gasteiger partial charge on any atom is -0.351 e. The third kappa shape index (κ3) is 4.42. The van der Waals surface area contributed by atoms with Crippen molar-refractivity contribution in [3.8, 4) is 0 Å². The van der Waals surface area contributed by atoms with E-state index < -0.39 is 0 Å². The molecule has 1 aliphatic heterocycles. The van der Waals surface area contributed by atoms with E-state index >= 15 is 0 Å². The van der Waals surface area contributed by atoms with Crippen molar-refractivity contribution in [1.29, 1.82) is 0 Å². The maximum absolute atomic E-state index is 11.7. The first-order valence-corrected chi connectivity index (χ1v) is 7.02. The van der Waals surface area contributed by atoms with Crippen LogP contribution in [0.2, 0.25) is 0 Å². The van der Waals surface area contributed by atoms with E-state index in [1.54, 1.807) is 6.08 Å². The summed E-state index contributed by atoms with van der Waals surface area (Å²) in [5, 5.41) is 2.98. The van der Waals surface area contributed by atoms with E-state index in [0.717, 1.165) is 39.3 Å². The van der Waals surface area contributed by atoms with Crippen LogP contribution in [0.4, 0.5) is 0 Å². The number of hydrogen-bond donors (Lipinski definition) is 1. The van der Waals surface area contributed by atoms with Crippen LogP contribution in [-0.4, -0.2) is 62.0 Å². The zero-order valence-electron chi connectivity index (χ0n) is 11.6. The first-order chi connectivity index (χ1) is 8.65. The van der Waals surface area contributed by atoms with Crippen LogP contribution in [0.3, 0.4) is 0 Å². The van der Waals surface area contributed by atoms with Crippen LogP contribution in [-0.2, 0) is 4.79 Å². The number of allylic oxidation sites excluding steroid dienone is 1. The number of carbonyl (C=O) groups is 1. The topological polar surface area (TPSA) is 35.6 Å². The average molecular weight is 251 g/mol. The molecule has 0 atom stereocenters. The summed E-state index contributed by atoms with van der Waals surface area (Å²) in [6.07, 6.45) is 4.30. The van der Waals surface area contributed by atoms with Crippen LogP contribution in [0.15, 0.2) is 11.6 Å². The Labute approximate surface area is 110 Å². The molecule has 0 aromatic heterocycles. The van der Waals surface area contributed by atoms with E-state index in [1.807, 2.05) is 0 Å². The van der Waals surface area contributed by atoms with Gasteiger partial charge in [0.15, 0.2) is 0 Å². The Bertz CT molecular complexity index is 315. The number of carbonyl (C=O) groups excluding carboxylic acids is 1. The molecule has 2 aliphatic rings. The van der Waals surface area contributed by atoms with Gasteiger partial charge in [-0.15, -0.1) is 0 Å². The van der Waals surface area contributed by atoms with Crippen molar-refractivity contribution in [2.45, 2.75) is 19.8 Å². The summed E-state index contributed by atoms with van der Waals surface area (Å²) in [5.41, 5.74) is 1.24. The zero-order valence-corrected chi connectivity index (χ0v) is 11.6. The van der Waals surface area contributed by atoms with E-state index in [2.05, 4.69) is 29.1 Å². The van der Waals surface area contributed by atoms with Gasteiger partial charge in [0.05, 0.1) is 0 Å². The molecule has 1 amide bonds. The second kappa shape index (κ2) is 6.34. The molecule has 1 heterocycles. The number of rotatable bonds is 5. The molecule has 4 nitrogen and oxygen atoms in total. The predicted molar refractivity (Wildman–Crippen MR) is 73.4 cm³/mol. The molecule has 1 aliphatic carbocycles. The lowest BCUT2D eigenvalue weighted by atomic mass is 10.2. The van der Waals surface area contributed by atoms with Crippen molar-refractivity contribution in [3.05, 3.63) is 11.6 Å². The molecule has 0 radical (unpaired) electrons. The molecule has 0 aromatic carbocycles. The molecular weight excluding hydrogens is 226 g/mol. The fourth-order valence-corrected chi connectivity index (χ4v) is 2.32. The summed E-state index contributed by atoms with van der Waals surface area (Å²) in [6, 6.07) is 0. The lowest BCUT2D eigenvalue weighted by Gasteiger charge is -2.32. The van der Waals surface area contributed by atoms with Gasteiger partial charge in [-0.05, 0) is 32.7 Å². The van der Waals surface area contributed by atoms with Crippen LogP contribution >= 0.6 is 0 Å². The van der Waals surface area contributed by atoms with Crippen molar-refractivity contribution < 1.29 is 4.79 Å². The number of piperazine rings is 1. The maximum Gasteiger partial charge on any atom is 0.243 e. The SMILES string of the molecule is CC(=CC(=O)NCCN1CCN(C)CC1)C1CC1.